The molecule has 32 heavy (non-hydrogen) atoms. The van der Waals surface area contributed by atoms with Crippen molar-refractivity contribution in [3.05, 3.63) is 30.5 Å². The van der Waals surface area contributed by atoms with Gasteiger partial charge >= 0.3 is 6.01 Å². The fourth-order valence-corrected chi connectivity index (χ4v) is 4.56. The normalized spacial score (nSPS) is 21.1. The highest BCUT2D eigenvalue weighted by Crippen LogP contribution is 2.49. The maximum atomic E-state index is 5.85. The van der Waals surface area contributed by atoms with Crippen LogP contribution >= 0.6 is 0 Å². The van der Waals surface area contributed by atoms with E-state index in [0.717, 1.165) is 43.0 Å². The van der Waals surface area contributed by atoms with Crippen LogP contribution in [0.2, 0.25) is 0 Å². The first-order valence-corrected chi connectivity index (χ1v) is 11.2. The van der Waals surface area contributed by atoms with Gasteiger partial charge in [0, 0.05) is 32.7 Å². The molecular weight excluding hydrogens is 412 g/mol. The van der Waals surface area contributed by atoms with Gasteiger partial charge in [0.1, 0.15) is 6.33 Å². The summed E-state index contributed by atoms with van der Waals surface area (Å²) in [5, 5.41) is 15.2. The van der Waals surface area contributed by atoms with Crippen LogP contribution in [-0.4, -0.2) is 68.7 Å². The Kier molecular flexibility index (Phi) is 6.24. The molecule has 0 bridgehead atoms. The van der Waals surface area contributed by atoms with Crippen LogP contribution in [0.1, 0.15) is 31.5 Å². The number of piperidine rings is 1. The summed E-state index contributed by atoms with van der Waals surface area (Å²) < 4.78 is 17.9. The van der Waals surface area contributed by atoms with E-state index in [9.17, 15) is 0 Å². The molecule has 170 valence electrons. The van der Waals surface area contributed by atoms with Gasteiger partial charge in [-0.3, -0.25) is 0 Å². The van der Waals surface area contributed by atoms with Crippen molar-refractivity contribution in [2.75, 3.05) is 38.3 Å². The van der Waals surface area contributed by atoms with Crippen LogP contribution in [0, 0.1) is 17.8 Å². The van der Waals surface area contributed by atoms with Gasteiger partial charge in [-0.05, 0) is 59.9 Å². The first-order chi connectivity index (χ1) is 15.8. The number of hydrogen-bond donors (Lipinski definition) is 0. The van der Waals surface area contributed by atoms with Crippen molar-refractivity contribution < 1.29 is 14.0 Å². The minimum atomic E-state index is 0.607. The van der Waals surface area contributed by atoms with Crippen LogP contribution in [0.3, 0.4) is 0 Å². The van der Waals surface area contributed by atoms with E-state index in [2.05, 4.69) is 35.5 Å². The minimum Gasteiger partial charge on any atom is -0.478 e. The van der Waals surface area contributed by atoms with E-state index < -0.39 is 0 Å². The second-order valence-electron chi connectivity index (χ2n) is 8.47. The van der Waals surface area contributed by atoms with E-state index in [1.54, 1.807) is 18.0 Å². The molecule has 0 aromatic carbocycles. The second-order valence-corrected chi connectivity index (χ2v) is 8.47. The largest absolute Gasteiger partial charge is 0.478 e. The first kappa shape index (κ1) is 20.8. The fraction of sp³-hybridized carbons (Fsp3) is 0.619. The third-order valence-corrected chi connectivity index (χ3v) is 6.45. The summed E-state index contributed by atoms with van der Waals surface area (Å²) in [7, 11) is 1.68. The number of methoxy groups -OCH3 is 1. The van der Waals surface area contributed by atoms with Crippen molar-refractivity contribution in [3.63, 3.8) is 0 Å². The molecule has 2 atom stereocenters. The summed E-state index contributed by atoms with van der Waals surface area (Å²) >= 11 is 0. The van der Waals surface area contributed by atoms with Crippen molar-refractivity contribution in [2.24, 2.45) is 17.8 Å². The average Bonchev–Trinajstić information content (AvgIpc) is 3.20. The Labute approximate surface area is 186 Å². The SMILES string of the molecule is COCCc1noc(N2CCC([C@H]3C[C@H]3CCOc3ccc(-n4cnnn4)cn3)CC2)n1. The Balaban J connectivity index is 1.01. The molecule has 2 fully saturated rings. The number of hydrogen-bond acceptors (Lipinski definition) is 10. The number of ether oxygens (including phenoxy) is 2. The zero-order chi connectivity index (χ0) is 21.8. The predicted octanol–water partition coefficient (Wildman–Crippen LogP) is 1.95. The van der Waals surface area contributed by atoms with Gasteiger partial charge in [-0.15, -0.1) is 5.10 Å². The van der Waals surface area contributed by atoms with Crippen LogP contribution in [0.4, 0.5) is 6.01 Å². The summed E-state index contributed by atoms with van der Waals surface area (Å²) in [6.45, 7) is 3.26. The Morgan fingerprint density at radius 3 is 2.84 bits per heavy atom. The summed E-state index contributed by atoms with van der Waals surface area (Å²) in [5.41, 5.74) is 0.808. The monoisotopic (exact) mass is 440 g/mol. The van der Waals surface area contributed by atoms with Crippen LogP contribution in [0.15, 0.2) is 29.2 Å². The van der Waals surface area contributed by atoms with Gasteiger partial charge < -0.3 is 18.9 Å². The summed E-state index contributed by atoms with van der Waals surface area (Å²) in [4.78, 5) is 11.1. The van der Waals surface area contributed by atoms with E-state index in [1.807, 2.05) is 12.1 Å². The third kappa shape index (κ3) is 4.87. The molecule has 11 heteroatoms. The molecule has 1 saturated heterocycles. The van der Waals surface area contributed by atoms with E-state index in [4.69, 9.17) is 14.0 Å². The zero-order valence-corrected chi connectivity index (χ0v) is 18.2. The van der Waals surface area contributed by atoms with Gasteiger partial charge in [0.25, 0.3) is 0 Å². The Morgan fingerprint density at radius 2 is 2.09 bits per heavy atom. The molecule has 0 spiro atoms. The van der Waals surface area contributed by atoms with E-state index in [0.29, 0.717) is 37.4 Å². The Morgan fingerprint density at radius 1 is 1.19 bits per heavy atom. The highest BCUT2D eigenvalue weighted by Gasteiger charge is 2.43. The van der Waals surface area contributed by atoms with Crippen molar-refractivity contribution in [3.8, 4) is 11.6 Å². The predicted molar refractivity (Wildman–Crippen MR) is 113 cm³/mol. The standard InChI is InChI=1S/C21H28N8O3/c1-30-10-7-19-24-21(32-25-19)28-8-4-15(5-9-28)18-12-16(18)6-11-31-20-3-2-17(13-22-20)29-14-23-26-27-29/h2-3,13-16,18H,4-12H2,1H3/t16-,18-/m1/s1. The van der Waals surface area contributed by atoms with Crippen molar-refractivity contribution in [1.82, 2.24) is 35.3 Å². The first-order valence-electron chi connectivity index (χ1n) is 11.2. The molecule has 3 aromatic heterocycles. The highest BCUT2D eigenvalue weighted by atomic mass is 16.5. The molecule has 4 heterocycles. The van der Waals surface area contributed by atoms with Gasteiger partial charge in [-0.1, -0.05) is 5.16 Å². The van der Waals surface area contributed by atoms with Crippen LogP contribution in [0.5, 0.6) is 5.88 Å². The maximum Gasteiger partial charge on any atom is 0.324 e. The summed E-state index contributed by atoms with van der Waals surface area (Å²) in [6.07, 6.45) is 8.67. The second kappa shape index (κ2) is 9.60. The molecular formula is C21H28N8O3. The maximum absolute atomic E-state index is 5.85. The molecule has 3 aromatic rings. The summed E-state index contributed by atoms with van der Waals surface area (Å²) in [6, 6.07) is 4.40. The van der Waals surface area contributed by atoms with E-state index >= 15 is 0 Å². The molecule has 0 unspecified atom stereocenters. The number of anilines is 1. The molecule has 0 N–H and O–H groups in total. The van der Waals surface area contributed by atoms with E-state index in [1.165, 1.54) is 25.6 Å². The van der Waals surface area contributed by atoms with Crippen molar-refractivity contribution in [2.45, 2.75) is 32.1 Å². The molecule has 5 rings (SSSR count). The summed E-state index contributed by atoms with van der Waals surface area (Å²) in [5.74, 6) is 3.70. The topological polar surface area (TPSA) is 117 Å². The molecule has 11 nitrogen and oxygen atoms in total. The lowest BCUT2D eigenvalue weighted by atomic mass is 9.91. The quantitative estimate of drug-likeness (QED) is 0.463. The van der Waals surface area contributed by atoms with Crippen LogP contribution in [0.25, 0.3) is 5.69 Å². The fourth-order valence-electron chi connectivity index (χ4n) is 4.56. The Hall–Kier alpha value is -3.08. The molecule has 1 aliphatic heterocycles. The molecule has 0 radical (unpaired) electrons. The number of nitrogens with zero attached hydrogens (tertiary/aromatic N) is 8. The lowest BCUT2D eigenvalue weighted by Gasteiger charge is -2.30. The van der Waals surface area contributed by atoms with Gasteiger partial charge in [0.05, 0.1) is 25.1 Å². The lowest BCUT2D eigenvalue weighted by molar-refractivity contribution is 0.199. The Bertz CT molecular complexity index is 969. The average molecular weight is 441 g/mol. The molecule has 0 amide bonds. The smallest absolute Gasteiger partial charge is 0.324 e. The van der Waals surface area contributed by atoms with Gasteiger partial charge in [-0.25, -0.2) is 4.98 Å². The van der Waals surface area contributed by atoms with Gasteiger partial charge in [0.2, 0.25) is 5.88 Å². The number of aromatic nitrogens is 7. The lowest BCUT2D eigenvalue weighted by Crippen LogP contribution is -2.34. The highest BCUT2D eigenvalue weighted by molar-refractivity contribution is 5.29. The number of rotatable bonds is 10. The molecule has 1 aliphatic carbocycles. The van der Waals surface area contributed by atoms with E-state index in [-0.39, 0.29) is 0 Å². The molecule has 2 aliphatic rings. The van der Waals surface area contributed by atoms with Crippen LogP contribution in [-0.2, 0) is 11.2 Å². The third-order valence-electron chi connectivity index (χ3n) is 6.45. The van der Waals surface area contributed by atoms with Crippen LogP contribution < -0.4 is 9.64 Å². The number of tetrazole rings is 1. The zero-order valence-electron chi connectivity index (χ0n) is 18.2. The molecule has 1 saturated carbocycles. The van der Waals surface area contributed by atoms with Gasteiger partial charge in [-0.2, -0.15) is 9.67 Å². The van der Waals surface area contributed by atoms with Crippen molar-refractivity contribution >= 4 is 6.01 Å². The van der Waals surface area contributed by atoms with Crippen molar-refractivity contribution in [1.29, 1.82) is 0 Å². The van der Waals surface area contributed by atoms with Gasteiger partial charge in [0.15, 0.2) is 5.82 Å². The number of pyridine rings is 1. The minimum absolute atomic E-state index is 0.607.